The fraction of sp³-hybridized carbons (Fsp3) is 0.769. The van der Waals surface area contributed by atoms with Gasteiger partial charge in [0.2, 0.25) is 0 Å². The molecule has 1 N–H and O–H groups in total. The van der Waals surface area contributed by atoms with E-state index in [2.05, 4.69) is 28.2 Å². The first kappa shape index (κ1) is 11.6. The third kappa shape index (κ3) is 2.52. The highest BCUT2D eigenvalue weighted by molar-refractivity contribution is 8.00. The molecule has 1 unspecified atom stereocenters. The molecule has 0 bridgehead atoms. The number of thioether (sulfide) groups is 1. The smallest absolute Gasteiger partial charge is 0.0762 e. The molecule has 1 aromatic heterocycles. The summed E-state index contributed by atoms with van der Waals surface area (Å²) in [6, 6.07) is 2.81. The van der Waals surface area contributed by atoms with E-state index in [4.69, 9.17) is 0 Å². The van der Waals surface area contributed by atoms with E-state index in [1.807, 2.05) is 17.9 Å². The second kappa shape index (κ2) is 4.65. The molecule has 17 heavy (non-hydrogen) atoms. The highest BCUT2D eigenvalue weighted by atomic mass is 32.2. The number of hydrogen-bond acceptors (Lipinski definition) is 3. The van der Waals surface area contributed by atoms with Crippen molar-refractivity contribution in [3.8, 4) is 0 Å². The molecule has 1 saturated carbocycles. The van der Waals surface area contributed by atoms with E-state index in [1.54, 1.807) is 0 Å². The quantitative estimate of drug-likeness (QED) is 0.894. The number of nitrogens with zero attached hydrogens (tertiary/aromatic N) is 2. The van der Waals surface area contributed by atoms with Crippen molar-refractivity contribution in [1.29, 1.82) is 0 Å². The van der Waals surface area contributed by atoms with E-state index < -0.39 is 0 Å². The first-order valence-corrected chi connectivity index (χ1v) is 7.60. The highest BCUT2D eigenvalue weighted by Gasteiger charge is 2.41. The zero-order valence-electron chi connectivity index (χ0n) is 10.5. The van der Waals surface area contributed by atoms with Gasteiger partial charge in [-0.3, -0.25) is 4.68 Å². The molecule has 2 fully saturated rings. The average Bonchev–Trinajstić information content (AvgIpc) is 2.71. The predicted molar refractivity (Wildman–Crippen MR) is 72.1 cm³/mol. The zero-order chi connectivity index (χ0) is 11.7. The number of hydrogen-bond donors (Lipinski definition) is 1. The Morgan fingerprint density at radius 1 is 1.59 bits per heavy atom. The molecule has 0 amide bonds. The minimum absolute atomic E-state index is 0.653. The Morgan fingerprint density at radius 2 is 2.47 bits per heavy atom. The molecule has 1 atom stereocenters. The van der Waals surface area contributed by atoms with Crippen LogP contribution in [0.4, 0.5) is 0 Å². The van der Waals surface area contributed by atoms with E-state index in [0.717, 1.165) is 12.2 Å². The monoisotopic (exact) mass is 251 g/mol. The summed E-state index contributed by atoms with van der Waals surface area (Å²) >= 11 is 2.22. The van der Waals surface area contributed by atoms with Gasteiger partial charge in [-0.25, -0.2) is 0 Å². The maximum atomic E-state index is 4.41. The highest BCUT2D eigenvalue weighted by Crippen LogP contribution is 2.50. The molecule has 0 aromatic carbocycles. The van der Waals surface area contributed by atoms with Crippen molar-refractivity contribution >= 4 is 11.8 Å². The Bertz CT molecular complexity index is 384. The SMILES string of the molecule is Cn1ccc(CNC2CCSC3(CCC3)C2)n1. The van der Waals surface area contributed by atoms with Gasteiger partial charge in [-0.2, -0.15) is 16.9 Å². The molecule has 0 radical (unpaired) electrons. The summed E-state index contributed by atoms with van der Waals surface area (Å²) in [6.45, 7) is 0.923. The molecule has 1 aromatic rings. The lowest BCUT2D eigenvalue weighted by Gasteiger charge is -2.47. The van der Waals surface area contributed by atoms with Crippen molar-refractivity contribution < 1.29 is 0 Å². The van der Waals surface area contributed by atoms with E-state index in [9.17, 15) is 0 Å². The molecular weight excluding hydrogens is 230 g/mol. The number of rotatable bonds is 3. The first-order chi connectivity index (χ1) is 8.26. The Labute approximate surface area is 107 Å². The standard InChI is InChI=1S/C13H21N3S/c1-16-7-3-12(15-16)10-14-11-4-8-17-13(9-11)5-2-6-13/h3,7,11,14H,2,4-6,8-10H2,1H3. The second-order valence-corrected chi connectivity index (χ2v) is 7.00. The van der Waals surface area contributed by atoms with Crippen LogP contribution in [0, 0.1) is 0 Å². The summed E-state index contributed by atoms with van der Waals surface area (Å²) in [4.78, 5) is 0. The normalized spacial score (nSPS) is 27.0. The fourth-order valence-electron chi connectivity index (χ4n) is 2.93. The van der Waals surface area contributed by atoms with Crippen LogP contribution in [0.5, 0.6) is 0 Å². The number of aromatic nitrogens is 2. The molecule has 3 nitrogen and oxygen atoms in total. The Morgan fingerprint density at radius 3 is 3.12 bits per heavy atom. The lowest BCUT2D eigenvalue weighted by Crippen LogP contribution is -2.45. The van der Waals surface area contributed by atoms with Crippen molar-refractivity contribution in [2.45, 2.75) is 49.4 Å². The minimum Gasteiger partial charge on any atom is -0.308 e. The molecule has 1 aliphatic heterocycles. The molecule has 1 saturated heterocycles. The van der Waals surface area contributed by atoms with E-state index >= 15 is 0 Å². The van der Waals surface area contributed by atoms with Crippen LogP contribution in [0.2, 0.25) is 0 Å². The Balaban J connectivity index is 1.51. The van der Waals surface area contributed by atoms with Gasteiger partial charge in [0, 0.05) is 30.6 Å². The van der Waals surface area contributed by atoms with Crippen molar-refractivity contribution in [2.24, 2.45) is 7.05 Å². The maximum Gasteiger partial charge on any atom is 0.0762 e. The average molecular weight is 251 g/mol. The Kier molecular flexibility index (Phi) is 3.17. The van der Waals surface area contributed by atoms with Gasteiger partial charge in [-0.05, 0) is 37.5 Å². The minimum atomic E-state index is 0.653. The maximum absolute atomic E-state index is 4.41. The van der Waals surface area contributed by atoms with E-state index in [-0.39, 0.29) is 0 Å². The number of nitrogens with one attached hydrogen (secondary N) is 1. The van der Waals surface area contributed by atoms with Gasteiger partial charge in [0.05, 0.1) is 5.69 Å². The lowest BCUT2D eigenvalue weighted by atomic mass is 9.79. The molecule has 2 heterocycles. The summed E-state index contributed by atoms with van der Waals surface area (Å²) in [5.74, 6) is 1.33. The molecule has 2 aliphatic rings. The van der Waals surface area contributed by atoms with Gasteiger partial charge in [0.15, 0.2) is 0 Å². The van der Waals surface area contributed by atoms with Crippen molar-refractivity contribution in [3.05, 3.63) is 18.0 Å². The van der Waals surface area contributed by atoms with Crippen LogP contribution < -0.4 is 5.32 Å². The fourth-order valence-corrected chi connectivity index (χ4v) is 4.66. The van der Waals surface area contributed by atoms with Gasteiger partial charge in [0.1, 0.15) is 0 Å². The van der Waals surface area contributed by atoms with Crippen LogP contribution in [0.25, 0.3) is 0 Å². The topological polar surface area (TPSA) is 29.9 Å². The van der Waals surface area contributed by atoms with Crippen LogP contribution in [0.1, 0.15) is 37.8 Å². The van der Waals surface area contributed by atoms with Gasteiger partial charge >= 0.3 is 0 Å². The van der Waals surface area contributed by atoms with Crippen LogP contribution in [0.3, 0.4) is 0 Å². The van der Waals surface area contributed by atoms with Gasteiger partial charge < -0.3 is 5.32 Å². The largest absolute Gasteiger partial charge is 0.308 e. The van der Waals surface area contributed by atoms with Crippen LogP contribution in [-0.4, -0.2) is 26.3 Å². The van der Waals surface area contributed by atoms with Gasteiger partial charge in [-0.1, -0.05) is 6.42 Å². The second-order valence-electron chi connectivity index (χ2n) is 5.44. The van der Waals surface area contributed by atoms with Gasteiger partial charge in [-0.15, -0.1) is 0 Å². The van der Waals surface area contributed by atoms with E-state index in [0.29, 0.717) is 10.8 Å². The molecular formula is C13H21N3S. The summed E-state index contributed by atoms with van der Waals surface area (Å²) in [5, 5.41) is 8.10. The molecule has 94 valence electrons. The molecule has 4 heteroatoms. The molecule has 3 rings (SSSR count). The molecule has 1 aliphatic carbocycles. The summed E-state index contributed by atoms with van der Waals surface area (Å²) < 4.78 is 2.53. The number of aryl methyl sites for hydroxylation is 1. The van der Waals surface area contributed by atoms with E-state index in [1.165, 1.54) is 37.9 Å². The Hall–Kier alpha value is -0.480. The van der Waals surface area contributed by atoms with Crippen LogP contribution >= 0.6 is 11.8 Å². The summed E-state index contributed by atoms with van der Waals surface area (Å²) in [5.41, 5.74) is 1.16. The van der Waals surface area contributed by atoms with Crippen LogP contribution in [0.15, 0.2) is 12.3 Å². The summed E-state index contributed by atoms with van der Waals surface area (Å²) in [6.07, 6.45) is 9.03. The zero-order valence-corrected chi connectivity index (χ0v) is 11.3. The van der Waals surface area contributed by atoms with Crippen molar-refractivity contribution in [1.82, 2.24) is 15.1 Å². The first-order valence-electron chi connectivity index (χ1n) is 6.62. The summed E-state index contributed by atoms with van der Waals surface area (Å²) in [7, 11) is 1.98. The van der Waals surface area contributed by atoms with Crippen molar-refractivity contribution in [2.75, 3.05) is 5.75 Å². The predicted octanol–water partition coefficient (Wildman–Crippen LogP) is 2.33. The molecule has 1 spiro atoms. The van der Waals surface area contributed by atoms with Crippen LogP contribution in [-0.2, 0) is 13.6 Å². The third-order valence-corrected chi connectivity index (χ3v) is 5.73. The lowest BCUT2D eigenvalue weighted by molar-refractivity contribution is 0.284. The third-order valence-electron chi connectivity index (χ3n) is 4.10. The van der Waals surface area contributed by atoms with Gasteiger partial charge in [0.25, 0.3) is 0 Å². The van der Waals surface area contributed by atoms with Crippen molar-refractivity contribution in [3.63, 3.8) is 0 Å².